The fourth-order valence-corrected chi connectivity index (χ4v) is 5.84. The van der Waals surface area contributed by atoms with Gasteiger partial charge in [0.1, 0.15) is 16.5 Å². The zero-order valence-corrected chi connectivity index (χ0v) is 25.3. The van der Waals surface area contributed by atoms with E-state index in [-0.39, 0.29) is 11.5 Å². The van der Waals surface area contributed by atoms with Crippen molar-refractivity contribution in [2.45, 2.75) is 13.1 Å². The standard InChI is InChI=1S/C35H23F3N4O4S/c1-22-2-6-25(7-3-22)42(26-8-4-24(5-9-26)35(36,37)38)34-11-10-33(47-34)23-12-14-39-29(16-23)31-18-28(46-21-44)19-32(41-31)30-17-27(45-20-43)13-15-40-30/h2-21H,1H3. The first-order chi connectivity index (χ1) is 22.7. The van der Waals surface area contributed by atoms with E-state index in [1.165, 1.54) is 47.9 Å². The Hall–Kier alpha value is -5.88. The first-order valence-electron chi connectivity index (χ1n) is 14.0. The molecule has 4 heterocycles. The molecule has 47 heavy (non-hydrogen) atoms. The lowest BCUT2D eigenvalue weighted by molar-refractivity contribution is -0.137. The van der Waals surface area contributed by atoms with E-state index in [1.807, 2.05) is 60.4 Å². The number of halogens is 3. The molecule has 0 atom stereocenters. The summed E-state index contributed by atoms with van der Waals surface area (Å²) >= 11 is 1.45. The van der Waals surface area contributed by atoms with Crippen molar-refractivity contribution in [3.63, 3.8) is 0 Å². The number of rotatable bonds is 10. The number of nitrogens with zero attached hydrogens (tertiary/aromatic N) is 4. The Balaban J connectivity index is 1.37. The highest BCUT2D eigenvalue weighted by molar-refractivity contribution is 7.19. The van der Waals surface area contributed by atoms with Crippen LogP contribution in [0.5, 0.6) is 11.5 Å². The predicted molar refractivity (Wildman–Crippen MR) is 172 cm³/mol. The number of carbonyl (C=O) groups excluding carboxylic acids is 2. The van der Waals surface area contributed by atoms with Crippen LogP contribution in [-0.2, 0) is 15.8 Å². The third-order valence-electron chi connectivity index (χ3n) is 7.03. The molecule has 0 radical (unpaired) electrons. The summed E-state index contributed by atoms with van der Waals surface area (Å²) in [5.41, 5.74) is 4.11. The number of hydrogen-bond donors (Lipinski definition) is 0. The number of ether oxygens (including phenoxy) is 2. The Morgan fingerprint density at radius 2 is 1.26 bits per heavy atom. The van der Waals surface area contributed by atoms with E-state index in [1.54, 1.807) is 12.3 Å². The van der Waals surface area contributed by atoms with Crippen LogP contribution in [-0.4, -0.2) is 27.9 Å². The molecule has 6 aromatic rings. The van der Waals surface area contributed by atoms with Gasteiger partial charge in [-0.2, -0.15) is 13.2 Å². The van der Waals surface area contributed by atoms with E-state index in [4.69, 9.17) is 9.47 Å². The number of hydrogen-bond acceptors (Lipinski definition) is 9. The first-order valence-corrected chi connectivity index (χ1v) is 14.8. The summed E-state index contributed by atoms with van der Waals surface area (Å²) in [5, 5.41) is 0.785. The monoisotopic (exact) mass is 652 g/mol. The SMILES string of the molecule is Cc1ccc(N(c2ccc(C(F)(F)F)cc2)c2ccc(-c3ccnc(-c4cc(OC=O)cc(-c5cc(OC=O)ccn5)n4)c3)s2)cc1. The molecule has 0 spiro atoms. The van der Waals surface area contributed by atoms with Crippen LogP contribution in [0.25, 0.3) is 33.2 Å². The van der Waals surface area contributed by atoms with Gasteiger partial charge in [0.25, 0.3) is 12.9 Å². The van der Waals surface area contributed by atoms with Gasteiger partial charge in [-0.25, -0.2) is 4.98 Å². The molecule has 0 aliphatic rings. The van der Waals surface area contributed by atoms with Crippen LogP contribution in [0.2, 0.25) is 0 Å². The van der Waals surface area contributed by atoms with E-state index >= 15 is 0 Å². The molecule has 0 aliphatic heterocycles. The normalized spacial score (nSPS) is 11.1. The Bertz CT molecular complexity index is 2050. The molecular weight excluding hydrogens is 629 g/mol. The number of aryl methyl sites for hydroxylation is 1. The summed E-state index contributed by atoms with van der Waals surface area (Å²) in [7, 11) is 0. The number of pyridine rings is 3. The number of benzene rings is 2. The third kappa shape index (κ3) is 7.02. The van der Waals surface area contributed by atoms with Crippen molar-refractivity contribution in [1.82, 2.24) is 15.0 Å². The average Bonchev–Trinajstić information content (AvgIpc) is 3.56. The lowest BCUT2D eigenvalue weighted by Crippen LogP contribution is -2.10. The van der Waals surface area contributed by atoms with E-state index in [9.17, 15) is 22.8 Å². The summed E-state index contributed by atoms with van der Waals surface area (Å²) < 4.78 is 50.0. The second-order valence-electron chi connectivity index (χ2n) is 10.2. The highest BCUT2D eigenvalue weighted by atomic mass is 32.1. The number of carbonyl (C=O) groups is 2. The summed E-state index contributed by atoms with van der Waals surface area (Å²) in [6, 6.07) is 26.4. The summed E-state index contributed by atoms with van der Waals surface area (Å²) in [6.07, 6.45) is -1.36. The molecule has 0 amide bonds. The van der Waals surface area contributed by atoms with Gasteiger partial charge in [-0.05, 0) is 79.2 Å². The van der Waals surface area contributed by atoms with Crippen molar-refractivity contribution in [3.8, 4) is 44.7 Å². The van der Waals surface area contributed by atoms with Crippen molar-refractivity contribution in [3.05, 3.63) is 121 Å². The molecule has 0 fully saturated rings. The van der Waals surface area contributed by atoms with Gasteiger partial charge in [0.15, 0.2) is 0 Å². The number of alkyl halides is 3. The lowest BCUT2D eigenvalue weighted by atomic mass is 10.1. The second kappa shape index (κ2) is 13.2. The second-order valence-corrected chi connectivity index (χ2v) is 11.2. The van der Waals surface area contributed by atoms with Crippen molar-refractivity contribution < 1.29 is 32.2 Å². The topological polar surface area (TPSA) is 94.5 Å². The van der Waals surface area contributed by atoms with Crippen LogP contribution in [0.4, 0.5) is 29.5 Å². The molecule has 0 saturated heterocycles. The summed E-state index contributed by atoms with van der Waals surface area (Å²) in [4.78, 5) is 38.3. The summed E-state index contributed by atoms with van der Waals surface area (Å²) in [6.45, 7) is 2.57. The molecule has 0 saturated carbocycles. The minimum Gasteiger partial charge on any atom is -0.429 e. The van der Waals surface area contributed by atoms with Crippen molar-refractivity contribution in [2.24, 2.45) is 0 Å². The van der Waals surface area contributed by atoms with Gasteiger partial charge < -0.3 is 14.4 Å². The molecule has 12 heteroatoms. The molecular formula is C35H23F3N4O4S. The summed E-state index contributed by atoms with van der Waals surface area (Å²) in [5.74, 6) is 0.471. The molecule has 2 aromatic carbocycles. The highest BCUT2D eigenvalue weighted by Crippen LogP contribution is 2.43. The average molecular weight is 653 g/mol. The minimum absolute atomic E-state index is 0.208. The van der Waals surface area contributed by atoms with E-state index in [0.717, 1.165) is 38.8 Å². The van der Waals surface area contributed by atoms with Gasteiger partial charge in [-0.1, -0.05) is 17.7 Å². The fraction of sp³-hybridized carbons (Fsp3) is 0.0571. The van der Waals surface area contributed by atoms with Crippen LogP contribution in [0.15, 0.2) is 109 Å². The largest absolute Gasteiger partial charge is 0.429 e. The first kappa shape index (κ1) is 31.1. The molecule has 8 nitrogen and oxygen atoms in total. The molecule has 0 bridgehead atoms. The van der Waals surface area contributed by atoms with Gasteiger partial charge in [-0.15, -0.1) is 11.3 Å². The van der Waals surface area contributed by atoms with Gasteiger partial charge >= 0.3 is 6.18 Å². The number of thiophene rings is 1. The van der Waals surface area contributed by atoms with Crippen molar-refractivity contribution >= 4 is 40.7 Å². The third-order valence-corrected chi connectivity index (χ3v) is 8.14. The van der Waals surface area contributed by atoms with Crippen molar-refractivity contribution in [1.29, 1.82) is 0 Å². The quantitative estimate of drug-likeness (QED) is 0.136. The molecule has 234 valence electrons. The van der Waals surface area contributed by atoms with E-state index in [0.29, 0.717) is 41.4 Å². The molecule has 0 N–H and O–H groups in total. The Labute approximate surface area is 270 Å². The maximum Gasteiger partial charge on any atom is 0.416 e. The fourth-order valence-electron chi connectivity index (χ4n) is 4.80. The van der Waals surface area contributed by atoms with Crippen LogP contribution in [0.3, 0.4) is 0 Å². The highest BCUT2D eigenvalue weighted by Gasteiger charge is 2.30. The molecule has 0 aliphatic carbocycles. The van der Waals surface area contributed by atoms with Gasteiger partial charge in [0, 0.05) is 46.8 Å². The minimum atomic E-state index is -4.44. The van der Waals surface area contributed by atoms with Gasteiger partial charge in [-0.3, -0.25) is 19.6 Å². The maximum atomic E-state index is 13.3. The van der Waals surface area contributed by atoms with Gasteiger partial charge in [0.2, 0.25) is 0 Å². The predicted octanol–water partition coefficient (Wildman–Crippen LogP) is 8.80. The van der Waals surface area contributed by atoms with E-state index < -0.39 is 11.7 Å². The maximum absolute atomic E-state index is 13.3. The number of anilines is 3. The van der Waals surface area contributed by atoms with E-state index in [2.05, 4.69) is 15.0 Å². The van der Waals surface area contributed by atoms with Crippen molar-refractivity contribution in [2.75, 3.05) is 4.90 Å². The molecule has 0 unspecified atom stereocenters. The lowest BCUT2D eigenvalue weighted by Gasteiger charge is -2.24. The Morgan fingerprint density at radius 1 is 0.681 bits per heavy atom. The Kier molecular flexibility index (Phi) is 8.76. The van der Waals surface area contributed by atoms with Crippen LogP contribution < -0.4 is 14.4 Å². The zero-order chi connectivity index (χ0) is 33.0. The van der Waals surface area contributed by atoms with Gasteiger partial charge in [0.05, 0.1) is 28.3 Å². The molecule has 4 aromatic heterocycles. The smallest absolute Gasteiger partial charge is 0.416 e. The zero-order valence-electron chi connectivity index (χ0n) is 24.5. The van der Waals surface area contributed by atoms with Crippen LogP contribution in [0, 0.1) is 6.92 Å². The molecule has 6 rings (SSSR count). The number of aromatic nitrogens is 3. The Morgan fingerprint density at radius 3 is 1.89 bits per heavy atom. The van der Waals surface area contributed by atoms with Crippen LogP contribution in [0.1, 0.15) is 11.1 Å². The van der Waals surface area contributed by atoms with Crippen LogP contribution >= 0.6 is 11.3 Å².